The molecule has 1 unspecified atom stereocenters. The molecule has 88 valence electrons. The number of nitro groups is 1. The van der Waals surface area contributed by atoms with Gasteiger partial charge in [0.2, 0.25) is 0 Å². The molecular formula is C9H10BrClN2O2S. The first kappa shape index (κ1) is 13.7. The van der Waals surface area contributed by atoms with Crippen molar-refractivity contribution < 1.29 is 4.92 Å². The van der Waals surface area contributed by atoms with Crippen molar-refractivity contribution >= 4 is 45.0 Å². The summed E-state index contributed by atoms with van der Waals surface area (Å²) in [6.07, 6.45) is 1.26. The fourth-order valence-corrected chi connectivity index (χ4v) is 2.69. The van der Waals surface area contributed by atoms with E-state index in [0.717, 1.165) is 10.8 Å². The van der Waals surface area contributed by atoms with Gasteiger partial charge in [0.25, 0.3) is 5.69 Å². The van der Waals surface area contributed by atoms with E-state index in [4.69, 9.17) is 11.6 Å². The maximum Gasteiger partial charge on any atom is 0.288 e. The van der Waals surface area contributed by atoms with Crippen LogP contribution in [-0.4, -0.2) is 21.5 Å². The van der Waals surface area contributed by atoms with E-state index in [2.05, 4.69) is 20.9 Å². The average molecular weight is 326 g/mol. The van der Waals surface area contributed by atoms with Gasteiger partial charge in [0.05, 0.1) is 9.40 Å². The Morgan fingerprint density at radius 2 is 2.44 bits per heavy atom. The summed E-state index contributed by atoms with van der Waals surface area (Å²) in [5.74, 6) is 1.82. The number of rotatable bonds is 5. The third-order valence-corrected chi connectivity index (χ3v) is 4.50. The molecular weight excluding hydrogens is 316 g/mol. The van der Waals surface area contributed by atoms with E-state index in [9.17, 15) is 10.1 Å². The van der Waals surface area contributed by atoms with Gasteiger partial charge in [-0.25, -0.2) is 4.98 Å². The molecule has 16 heavy (non-hydrogen) atoms. The maximum absolute atomic E-state index is 10.5. The van der Waals surface area contributed by atoms with E-state index < -0.39 is 4.92 Å². The van der Waals surface area contributed by atoms with E-state index in [-0.39, 0.29) is 5.69 Å². The van der Waals surface area contributed by atoms with Gasteiger partial charge in [-0.15, -0.1) is 23.4 Å². The summed E-state index contributed by atoms with van der Waals surface area (Å²) in [4.78, 5) is 14.1. The predicted molar refractivity (Wildman–Crippen MR) is 69.2 cm³/mol. The molecule has 0 fully saturated rings. The monoisotopic (exact) mass is 324 g/mol. The van der Waals surface area contributed by atoms with E-state index in [1.807, 2.05) is 6.92 Å². The van der Waals surface area contributed by atoms with Crippen LogP contribution < -0.4 is 0 Å². The minimum atomic E-state index is -0.465. The van der Waals surface area contributed by atoms with Crippen LogP contribution >= 0.6 is 39.3 Å². The van der Waals surface area contributed by atoms with Crippen molar-refractivity contribution in [2.24, 2.45) is 5.92 Å². The van der Waals surface area contributed by atoms with Gasteiger partial charge in [-0.05, 0) is 21.8 Å². The van der Waals surface area contributed by atoms with Gasteiger partial charge < -0.3 is 0 Å². The summed E-state index contributed by atoms with van der Waals surface area (Å²) in [6.45, 7) is 2.04. The third-order valence-electron chi connectivity index (χ3n) is 1.77. The lowest BCUT2D eigenvalue weighted by molar-refractivity contribution is -0.385. The highest BCUT2D eigenvalue weighted by Gasteiger charge is 2.11. The molecule has 1 rings (SSSR count). The Kier molecular flexibility index (Phi) is 5.51. The Hall–Kier alpha value is -0.330. The fourth-order valence-electron chi connectivity index (χ4n) is 0.887. The average Bonchev–Trinajstić information content (AvgIpc) is 2.26. The first-order valence-corrected chi connectivity index (χ1v) is 6.84. The zero-order chi connectivity index (χ0) is 12.1. The predicted octanol–water partition coefficient (Wildman–Crippen LogP) is 3.72. The molecule has 0 N–H and O–H groups in total. The second-order valence-electron chi connectivity index (χ2n) is 3.31. The molecule has 0 aromatic carbocycles. The van der Waals surface area contributed by atoms with Crippen LogP contribution in [0.1, 0.15) is 6.92 Å². The summed E-state index contributed by atoms with van der Waals surface area (Å²) >= 11 is 10.5. The van der Waals surface area contributed by atoms with Gasteiger partial charge in [-0.2, -0.15) is 0 Å². The number of halogens is 2. The Labute approximate surface area is 111 Å². The number of aromatic nitrogens is 1. The van der Waals surface area contributed by atoms with Crippen LogP contribution in [0.5, 0.6) is 0 Å². The molecule has 0 bridgehead atoms. The minimum Gasteiger partial charge on any atom is -0.258 e. The smallest absolute Gasteiger partial charge is 0.258 e. The number of alkyl halides is 1. The van der Waals surface area contributed by atoms with Crippen LogP contribution in [0, 0.1) is 16.0 Å². The van der Waals surface area contributed by atoms with Crippen molar-refractivity contribution in [1.29, 1.82) is 0 Å². The lowest BCUT2D eigenvalue weighted by Crippen LogP contribution is -2.00. The largest absolute Gasteiger partial charge is 0.288 e. The molecule has 0 aliphatic heterocycles. The van der Waals surface area contributed by atoms with Crippen LogP contribution in [-0.2, 0) is 0 Å². The molecule has 1 heterocycles. The fraction of sp³-hybridized carbons (Fsp3) is 0.444. The van der Waals surface area contributed by atoms with E-state index in [1.54, 1.807) is 0 Å². The van der Waals surface area contributed by atoms with E-state index in [0.29, 0.717) is 16.3 Å². The van der Waals surface area contributed by atoms with Crippen molar-refractivity contribution in [3.05, 3.63) is 26.9 Å². The Balaban J connectivity index is 2.72. The van der Waals surface area contributed by atoms with Crippen LogP contribution in [0.3, 0.4) is 0 Å². The second-order valence-corrected chi connectivity index (χ2v) is 5.48. The first-order chi connectivity index (χ1) is 7.54. The molecule has 7 heteroatoms. The van der Waals surface area contributed by atoms with Crippen LogP contribution in [0.4, 0.5) is 5.69 Å². The molecule has 0 amide bonds. The standard InChI is InChI=1S/C9H10BrClN2O2S/c1-6(3-11)5-16-9-8(10)2-7(4-12-9)13(14)15/h2,4,6H,3,5H2,1H3. The van der Waals surface area contributed by atoms with Gasteiger partial charge in [-0.1, -0.05) is 6.92 Å². The van der Waals surface area contributed by atoms with Crippen molar-refractivity contribution in [1.82, 2.24) is 4.98 Å². The Bertz CT molecular complexity index is 392. The maximum atomic E-state index is 10.5. The molecule has 4 nitrogen and oxygen atoms in total. The molecule has 1 atom stereocenters. The van der Waals surface area contributed by atoms with Crippen molar-refractivity contribution in [2.45, 2.75) is 11.9 Å². The van der Waals surface area contributed by atoms with E-state index in [1.165, 1.54) is 24.0 Å². The summed E-state index contributed by atoms with van der Waals surface area (Å²) in [6, 6.07) is 1.46. The van der Waals surface area contributed by atoms with Gasteiger partial charge in [0.1, 0.15) is 11.2 Å². The number of hydrogen-bond acceptors (Lipinski definition) is 4. The molecule has 0 saturated heterocycles. The lowest BCUT2D eigenvalue weighted by atomic mass is 10.3. The Morgan fingerprint density at radius 1 is 1.75 bits per heavy atom. The third kappa shape index (κ3) is 3.92. The summed E-state index contributed by atoms with van der Waals surface area (Å²) in [5.41, 5.74) is -0.0124. The van der Waals surface area contributed by atoms with E-state index >= 15 is 0 Å². The zero-order valence-corrected chi connectivity index (χ0v) is 11.7. The summed E-state index contributed by atoms with van der Waals surface area (Å²) in [7, 11) is 0. The molecule has 0 aliphatic carbocycles. The molecule has 0 saturated carbocycles. The zero-order valence-electron chi connectivity index (χ0n) is 8.52. The minimum absolute atomic E-state index is 0.0124. The van der Waals surface area contributed by atoms with Crippen LogP contribution in [0.25, 0.3) is 0 Å². The normalized spacial score (nSPS) is 12.4. The van der Waals surface area contributed by atoms with Crippen molar-refractivity contribution in [2.75, 3.05) is 11.6 Å². The second kappa shape index (κ2) is 6.42. The molecule has 0 aliphatic rings. The SMILES string of the molecule is CC(CCl)CSc1ncc([N+](=O)[O-])cc1Br. The number of nitrogens with zero attached hydrogens (tertiary/aromatic N) is 2. The molecule has 0 radical (unpaired) electrons. The highest BCUT2D eigenvalue weighted by Crippen LogP contribution is 2.29. The number of hydrogen-bond donors (Lipinski definition) is 0. The lowest BCUT2D eigenvalue weighted by Gasteiger charge is -2.07. The Morgan fingerprint density at radius 3 is 2.94 bits per heavy atom. The number of pyridine rings is 1. The number of thioether (sulfide) groups is 1. The molecule has 1 aromatic rings. The van der Waals surface area contributed by atoms with Crippen molar-refractivity contribution in [3.63, 3.8) is 0 Å². The quantitative estimate of drug-likeness (QED) is 0.358. The highest BCUT2D eigenvalue weighted by molar-refractivity contribution is 9.10. The van der Waals surface area contributed by atoms with Gasteiger partial charge >= 0.3 is 0 Å². The topological polar surface area (TPSA) is 56.0 Å². The summed E-state index contributed by atoms with van der Waals surface area (Å²) < 4.78 is 0.647. The van der Waals surface area contributed by atoms with Gasteiger partial charge in [0.15, 0.2) is 0 Å². The van der Waals surface area contributed by atoms with Crippen molar-refractivity contribution in [3.8, 4) is 0 Å². The molecule has 1 aromatic heterocycles. The first-order valence-electron chi connectivity index (χ1n) is 4.53. The highest BCUT2D eigenvalue weighted by atomic mass is 79.9. The summed E-state index contributed by atoms with van der Waals surface area (Å²) in [5, 5.41) is 11.2. The van der Waals surface area contributed by atoms with Crippen LogP contribution in [0.2, 0.25) is 0 Å². The van der Waals surface area contributed by atoms with Crippen LogP contribution in [0.15, 0.2) is 21.8 Å². The van der Waals surface area contributed by atoms with Gasteiger partial charge in [0, 0.05) is 17.7 Å². The van der Waals surface area contributed by atoms with Gasteiger partial charge in [-0.3, -0.25) is 10.1 Å². The molecule has 0 spiro atoms.